The molecule has 3 N–H and O–H groups in total. The molecule has 0 unspecified atom stereocenters. The van der Waals surface area contributed by atoms with E-state index in [2.05, 4.69) is 15.8 Å². The molecule has 0 saturated carbocycles. The predicted molar refractivity (Wildman–Crippen MR) is 128 cm³/mol. The number of benzene rings is 2. The van der Waals surface area contributed by atoms with Crippen molar-refractivity contribution in [3.63, 3.8) is 0 Å². The van der Waals surface area contributed by atoms with Crippen molar-refractivity contribution < 1.29 is 23.5 Å². The van der Waals surface area contributed by atoms with Crippen molar-refractivity contribution >= 4 is 50.8 Å². The molecule has 2 heterocycles. The second-order valence-electron chi connectivity index (χ2n) is 7.05. The monoisotopic (exact) mass is 564 g/mol. The molecule has 7 nitrogen and oxygen atoms in total. The third kappa shape index (κ3) is 4.97. The molecule has 4 aromatic rings. The average Bonchev–Trinajstić information content (AvgIpc) is 3.10. The summed E-state index contributed by atoms with van der Waals surface area (Å²) >= 11 is 2.00. The summed E-state index contributed by atoms with van der Waals surface area (Å²) in [5.41, 5.74) is 3.79. The minimum absolute atomic E-state index is 0.0345. The smallest absolute Gasteiger partial charge is 0.293 e. The number of aliphatic hydroxyl groups is 1. The van der Waals surface area contributed by atoms with E-state index < -0.39 is 17.5 Å². The summed E-state index contributed by atoms with van der Waals surface area (Å²) in [6.45, 7) is -0.372. The molecule has 0 aliphatic carbocycles. The third-order valence-electron chi connectivity index (χ3n) is 4.92. The van der Waals surface area contributed by atoms with Gasteiger partial charge < -0.3 is 15.0 Å². The molecule has 2 aromatic heterocycles. The van der Waals surface area contributed by atoms with Crippen molar-refractivity contribution in [1.29, 1.82) is 0 Å². The molecule has 0 radical (unpaired) electrons. The first-order valence-corrected chi connectivity index (χ1v) is 11.0. The van der Waals surface area contributed by atoms with Gasteiger partial charge in [0.1, 0.15) is 17.3 Å². The number of nitrogens with zero attached hydrogens (tertiary/aromatic N) is 2. The van der Waals surface area contributed by atoms with Crippen molar-refractivity contribution in [2.24, 2.45) is 0 Å². The van der Waals surface area contributed by atoms with Gasteiger partial charge in [-0.1, -0.05) is 18.2 Å². The minimum atomic E-state index is -0.649. The summed E-state index contributed by atoms with van der Waals surface area (Å²) in [5.74, 6) is -1.57. The van der Waals surface area contributed by atoms with Gasteiger partial charge in [-0.2, -0.15) is 0 Å². The van der Waals surface area contributed by atoms with Crippen molar-refractivity contribution in [2.45, 2.75) is 6.54 Å². The largest absolute Gasteiger partial charge is 0.394 e. The van der Waals surface area contributed by atoms with Crippen LogP contribution in [0.25, 0.3) is 10.9 Å². The summed E-state index contributed by atoms with van der Waals surface area (Å²) in [5, 5.41) is 12.5. The number of hydroxylamine groups is 1. The first-order valence-electron chi connectivity index (χ1n) is 9.94. The number of aliphatic hydroxyl groups excluding tert-OH is 1. The Bertz CT molecular complexity index is 1310. The van der Waals surface area contributed by atoms with Gasteiger partial charge in [-0.15, -0.1) is 0 Å². The van der Waals surface area contributed by atoms with Crippen LogP contribution in [0.2, 0.25) is 0 Å². The van der Waals surface area contributed by atoms with Crippen LogP contribution in [0.3, 0.4) is 0 Å². The molecular weight excluding hydrogens is 545 g/mol. The van der Waals surface area contributed by atoms with Gasteiger partial charge in [0.05, 0.1) is 36.6 Å². The van der Waals surface area contributed by atoms with Gasteiger partial charge in [-0.3, -0.25) is 14.6 Å². The molecule has 0 fully saturated rings. The zero-order chi connectivity index (χ0) is 23.4. The summed E-state index contributed by atoms with van der Waals surface area (Å²) < 4.78 is 31.4. The Morgan fingerprint density at radius 2 is 1.97 bits per heavy atom. The van der Waals surface area contributed by atoms with Crippen LogP contribution < -0.4 is 10.8 Å². The molecule has 170 valence electrons. The van der Waals surface area contributed by atoms with E-state index in [9.17, 15) is 13.6 Å². The Morgan fingerprint density at radius 3 is 2.73 bits per heavy atom. The van der Waals surface area contributed by atoms with Crippen LogP contribution in [0, 0.1) is 15.2 Å². The SMILES string of the molecule is O=C(NOCCO)c1c(Nc2ccc(I)cc2F)c2cnccc2n1Cc1ccccc1F. The zero-order valence-corrected chi connectivity index (χ0v) is 19.3. The number of nitrogens with one attached hydrogen (secondary N) is 2. The molecule has 0 atom stereocenters. The molecule has 0 saturated heterocycles. The van der Waals surface area contributed by atoms with Crippen LogP contribution in [-0.2, 0) is 11.4 Å². The van der Waals surface area contributed by atoms with Gasteiger partial charge in [0.2, 0.25) is 0 Å². The van der Waals surface area contributed by atoms with Crippen molar-refractivity contribution in [2.75, 3.05) is 18.5 Å². The fourth-order valence-electron chi connectivity index (χ4n) is 3.46. The molecule has 4 rings (SSSR count). The van der Waals surface area contributed by atoms with Gasteiger partial charge in [0.15, 0.2) is 0 Å². The molecule has 10 heteroatoms. The van der Waals surface area contributed by atoms with Gasteiger partial charge in [0.25, 0.3) is 5.91 Å². The first kappa shape index (κ1) is 23.1. The highest BCUT2D eigenvalue weighted by atomic mass is 127. The van der Waals surface area contributed by atoms with E-state index in [-0.39, 0.29) is 31.1 Å². The zero-order valence-electron chi connectivity index (χ0n) is 17.2. The molecular formula is C23H19F2IN4O3. The number of carbonyl (C=O) groups is 1. The second-order valence-corrected chi connectivity index (χ2v) is 8.29. The standard InChI is InChI=1S/C23H19F2IN4O3/c24-17-4-2-1-3-14(17)13-30-20-7-8-27-12-16(20)21(22(30)23(32)29-33-10-9-31)28-19-6-5-15(26)11-18(19)25/h1-8,11-12,28,31H,9-10,13H2,(H,29,32). The maximum absolute atomic E-state index is 14.6. The maximum atomic E-state index is 14.6. The molecule has 0 bridgehead atoms. The highest BCUT2D eigenvalue weighted by Crippen LogP contribution is 2.35. The maximum Gasteiger partial charge on any atom is 0.293 e. The summed E-state index contributed by atoms with van der Waals surface area (Å²) in [6, 6.07) is 12.6. The number of anilines is 2. The first-order chi connectivity index (χ1) is 16.0. The number of halogens is 3. The lowest BCUT2D eigenvalue weighted by Gasteiger charge is -2.14. The molecule has 33 heavy (non-hydrogen) atoms. The molecule has 0 aliphatic heterocycles. The topological polar surface area (TPSA) is 88.4 Å². The van der Waals surface area contributed by atoms with Gasteiger partial charge in [0, 0.05) is 26.9 Å². The fraction of sp³-hybridized carbons (Fsp3) is 0.130. The third-order valence-corrected chi connectivity index (χ3v) is 5.59. The average molecular weight is 564 g/mol. The van der Waals surface area contributed by atoms with Crippen LogP contribution in [0.15, 0.2) is 60.9 Å². The fourth-order valence-corrected chi connectivity index (χ4v) is 3.91. The van der Waals surface area contributed by atoms with E-state index in [4.69, 9.17) is 9.94 Å². The van der Waals surface area contributed by atoms with E-state index in [1.54, 1.807) is 53.4 Å². The van der Waals surface area contributed by atoms with E-state index in [1.165, 1.54) is 12.1 Å². The Hall–Kier alpha value is -3.09. The number of hydrogen-bond acceptors (Lipinski definition) is 5. The van der Waals surface area contributed by atoms with Gasteiger partial charge >= 0.3 is 0 Å². The van der Waals surface area contributed by atoms with Gasteiger partial charge in [-0.05, 0) is 52.9 Å². The summed E-state index contributed by atoms with van der Waals surface area (Å²) in [4.78, 5) is 22.3. The number of aromatic nitrogens is 2. The summed E-state index contributed by atoms with van der Waals surface area (Å²) in [7, 11) is 0. The minimum Gasteiger partial charge on any atom is -0.394 e. The number of rotatable bonds is 8. The number of pyridine rings is 1. The van der Waals surface area contributed by atoms with Gasteiger partial charge in [-0.25, -0.2) is 14.3 Å². The quantitative estimate of drug-likeness (QED) is 0.168. The molecule has 0 aliphatic rings. The van der Waals surface area contributed by atoms with Crippen LogP contribution >= 0.6 is 22.6 Å². The number of hydrogen-bond donors (Lipinski definition) is 3. The Balaban J connectivity index is 1.88. The number of carbonyl (C=O) groups excluding carboxylic acids is 1. The molecule has 0 spiro atoms. The highest BCUT2D eigenvalue weighted by molar-refractivity contribution is 14.1. The Morgan fingerprint density at radius 1 is 1.15 bits per heavy atom. The lowest BCUT2D eigenvalue weighted by molar-refractivity contribution is 0.0163. The van der Waals surface area contributed by atoms with Crippen LogP contribution in [0.4, 0.5) is 20.2 Å². The molecule has 1 amide bonds. The van der Waals surface area contributed by atoms with E-state index in [0.29, 0.717) is 22.2 Å². The lowest BCUT2D eigenvalue weighted by Crippen LogP contribution is -2.28. The lowest BCUT2D eigenvalue weighted by atomic mass is 10.2. The second kappa shape index (κ2) is 10.2. The van der Waals surface area contributed by atoms with Crippen LogP contribution in [0.5, 0.6) is 0 Å². The number of fused-ring (bicyclic) bond motifs is 1. The van der Waals surface area contributed by atoms with Crippen molar-refractivity contribution in [1.82, 2.24) is 15.0 Å². The predicted octanol–water partition coefficient (Wildman–Crippen LogP) is 4.36. The highest BCUT2D eigenvalue weighted by Gasteiger charge is 2.25. The molecule has 2 aromatic carbocycles. The summed E-state index contributed by atoms with van der Waals surface area (Å²) in [6.07, 6.45) is 3.10. The van der Waals surface area contributed by atoms with Crippen LogP contribution in [-0.4, -0.2) is 33.8 Å². The van der Waals surface area contributed by atoms with Crippen LogP contribution in [0.1, 0.15) is 16.1 Å². The van der Waals surface area contributed by atoms with Crippen molar-refractivity contribution in [3.05, 3.63) is 87.4 Å². The Labute approximate surface area is 201 Å². The van der Waals surface area contributed by atoms with E-state index in [0.717, 1.165) is 3.57 Å². The van der Waals surface area contributed by atoms with E-state index >= 15 is 0 Å². The van der Waals surface area contributed by atoms with Crippen molar-refractivity contribution in [3.8, 4) is 0 Å². The number of amides is 1. The van der Waals surface area contributed by atoms with E-state index in [1.807, 2.05) is 22.6 Å². The Kier molecular flexibility index (Phi) is 7.16. The normalized spacial score (nSPS) is 11.0.